The minimum atomic E-state index is -0.307. The normalized spacial score (nSPS) is 27.2. The average Bonchev–Trinajstić information content (AvgIpc) is 2.63. The van der Waals surface area contributed by atoms with E-state index in [4.69, 9.17) is 10.5 Å². The van der Waals surface area contributed by atoms with Gasteiger partial charge in [-0.25, -0.2) is 0 Å². The number of hydrogen-bond donors (Lipinski definition) is 2. The van der Waals surface area contributed by atoms with E-state index in [-0.39, 0.29) is 17.6 Å². The number of halogens is 1. The molecule has 0 aliphatic carbocycles. The van der Waals surface area contributed by atoms with Crippen LogP contribution in [-0.4, -0.2) is 24.2 Å². The van der Waals surface area contributed by atoms with Crippen molar-refractivity contribution in [3.63, 3.8) is 0 Å². The van der Waals surface area contributed by atoms with Crippen LogP contribution < -0.4 is 11.1 Å². The molecule has 1 fully saturated rings. The Labute approximate surface area is 115 Å². The lowest BCUT2D eigenvalue weighted by molar-refractivity contribution is 0.0727. The highest BCUT2D eigenvalue weighted by atomic mass is 79.9. The van der Waals surface area contributed by atoms with E-state index in [0.717, 1.165) is 10.9 Å². The molecule has 0 aromatic heterocycles. The SMILES string of the molecule is CC1OCCC1(C)NC(=O)c1ccc(Br)c(N)c1. The summed E-state index contributed by atoms with van der Waals surface area (Å²) in [6.07, 6.45) is 0.848. The van der Waals surface area contributed by atoms with Crippen LogP contribution in [0.3, 0.4) is 0 Å². The van der Waals surface area contributed by atoms with Gasteiger partial charge in [-0.1, -0.05) is 0 Å². The zero-order valence-electron chi connectivity index (χ0n) is 10.5. The standard InChI is InChI=1S/C13H17BrN2O2/c1-8-13(2,5-6-18-8)16-12(17)9-3-4-10(14)11(15)7-9/h3-4,7-8H,5-6,15H2,1-2H3,(H,16,17). The van der Waals surface area contributed by atoms with Crippen LogP contribution in [0.4, 0.5) is 5.69 Å². The number of nitrogen functional groups attached to an aromatic ring is 1. The van der Waals surface area contributed by atoms with Crippen LogP contribution in [0.5, 0.6) is 0 Å². The van der Waals surface area contributed by atoms with Crippen molar-refractivity contribution in [1.29, 1.82) is 0 Å². The number of nitrogens with one attached hydrogen (secondary N) is 1. The second kappa shape index (κ2) is 4.90. The average molecular weight is 313 g/mol. The van der Waals surface area contributed by atoms with Gasteiger partial charge in [0, 0.05) is 22.3 Å². The first-order valence-corrected chi connectivity index (χ1v) is 6.71. The molecule has 2 atom stereocenters. The van der Waals surface area contributed by atoms with E-state index in [1.54, 1.807) is 18.2 Å². The second-order valence-corrected chi connectivity index (χ2v) is 5.73. The monoisotopic (exact) mass is 312 g/mol. The maximum Gasteiger partial charge on any atom is 0.251 e. The zero-order chi connectivity index (χ0) is 13.3. The van der Waals surface area contributed by atoms with Crippen molar-refractivity contribution in [2.75, 3.05) is 12.3 Å². The molecule has 1 aromatic carbocycles. The Kier molecular flexibility index (Phi) is 3.64. The number of rotatable bonds is 2. The molecular formula is C13H17BrN2O2. The molecule has 2 unspecified atom stereocenters. The molecule has 1 aliphatic heterocycles. The number of ether oxygens (including phenoxy) is 1. The summed E-state index contributed by atoms with van der Waals surface area (Å²) in [4.78, 5) is 12.2. The van der Waals surface area contributed by atoms with Gasteiger partial charge in [-0.05, 0) is 54.4 Å². The summed E-state index contributed by atoms with van der Waals surface area (Å²) in [5.74, 6) is -0.117. The number of benzene rings is 1. The maximum absolute atomic E-state index is 12.2. The minimum Gasteiger partial charge on any atom is -0.398 e. The van der Waals surface area contributed by atoms with Crippen molar-refractivity contribution in [3.8, 4) is 0 Å². The van der Waals surface area contributed by atoms with Crippen LogP contribution in [0.1, 0.15) is 30.6 Å². The molecule has 0 spiro atoms. The lowest BCUT2D eigenvalue weighted by Crippen LogP contribution is -2.50. The van der Waals surface area contributed by atoms with Gasteiger partial charge >= 0.3 is 0 Å². The second-order valence-electron chi connectivity index (χ2n) is 4.87. The van der Waals surface area contributed by atoms with Gasteiger partial charge in [-0.15, -0.1) is 0 Å². The first-order valence-electron chi connectivity index (χ1n) is 5.91. The molecule has 18 heavy (non-hydrogen) atoms. The lowest BCUT2D eigenvalue weighted by Gasteiger charge is -2.28. The summed E-state index contributed by atoms with van der Waals surface area (Å²) >= 11 is 3.31. The van der Waals surface area contributed by atoms with Gasteiger partial charge in [0.05, 0.1) is 11.6 Å². The van der Waals surface area contributed by atoms with Gasteiger partial charge in [0.25, 0.3) is 5.91 Å². The van der Waals surface area contributed by atoms with Crippen LogP contribution in [-0.2, 0) is 4.74 Å². The predicted octanol–water partition coefficient (Wildman–Crippen LogP) is 2.33. The molecule has 1 aromatic rings. The third-order valence-electron chi connectivity index (χ3n) is 3.54. The predicted molar refractivity (Wildman–Crippen MR) is 74.5 cm³/mol. The number of amides is 1. The van der Waals surface area contributed by atoms with Crippen LogP contribution in [0.2, 0.25) is 0 Å². The van der Waals surface area contributed by atoms with E-state index in [9.17, 15) is 4.79 Å². The number of nitrogens with two attached hydrogens (primary N) is 1. The lowest BCUT2D eigenvalue weighted by atomic mass is 9.94. The summed E-state index contributed by atoms with van der Waals surface area (Å²) in [5, 5.41) is 3.03. The first-order chi connectivity index (χ1) is 8.42. The zero-order valence-corrected chi connectivity index (χ0v) is 12.1. The smallest absolute Gasteiger partial charge is 0.251 e. The summed E-state index contributed by atoms with van der Waals surface area (Å²) in [7, 11) is 0. The van der Waals surface area contributed by atoms with E-state index < -0.39 is 0 Å². The Balaban J connectivity index is 2.14. The van der Waals surface area contributed by atoms with E-state index in [1.165, 1.54) is 0 Å². The van der Waals surface area contributed by atoms with E-state index in [1.807, 2.05) is 13.8 Å². The van der Waals surface area contributed by atoms with Crippen molar-refractivity contribution in [2.45, 2.75) is 31.9 Å². The van der Waals surface area contributed by atoms with Crippen LogP contribution in [0.25, 0.3) is 0 Å². The molecule has 1 aliphatic rings. The van der Waals surface area contributed by atoms with Crippen LogP contribution >= 0.6 is 15.9 Å². The Morgan fingerprint density at radius 2 is 2.33 bits per heavy atom. The third-order valence-corrected chi connectivity index (χ3v) is 4.27. The molecule has 98 valence electrons. The van der Waals surface area contributed by atoms with Crippen molar-refractivity contribution in [1.82, 2.24) is 5.32 Å². The summed E-state index contributed by atoms with van der Waals surface area (Å²) < 4.78 is 6.30. The number of hydrogen-bond acceptors (Lipinski definition) is 3. The fourth-order valence-corrected chi connectivity index (χ4v) is 2.26. The Hall–Kier alpha value is -1.07. The van der Waals surface area contributed by atoms with Crippen LogP contribution in [0, 0.1) is 0 Å². The number of anilines is 1. The van der Waals surface area contributed by atoms with Gasteiger partial charge in [0.1, 0.15) is 0 Å². The highest BCUT2D eigenvalue weighted by molar-refractivity contribution is 9.10. The van der Waals surface area contributed by atoms with E-state index in [0.29, 0.717) is 17.9 Å². The van der Waals surface area contributed by atoms with Gasteiger partial charge in [-0.3, -0.25) is 4.79 Å². The van der Waals surface area contributed by atoms with Crippen molar-refractivity contribution >= 4 is 27.5 Å². The highest BCUT2D eigenvalue weighted by Crippen LogP contribution is 2.26. The molecular weight excluding hydrogens is 296 g/mol. The molecule has 3 N–H and O–H groups in total. The molecule has 1 heterocycles. The number of carbonyl (C=O) groups is 1. The fraction of sp³-hybridized carbons (Fsp3) is 0.462. The van der Waals surface area contributed by atoms with Gasteiger partial charge < -0.3 is 15.8 Å². The fourth-order valence-electron chi connectivity index (χ4n) is 2.02. The maximum atomic E-state index is 12.2. The Morgan fingerprint density at radius 3 is 2.89 bits per heavy atom. The molecule has 0 saturated carbocycles. The Morgan fingerprint density at radius 1 is 1.61 bits per heavy atom. The first kappa shape index (κ1) is 13.4. The largest absolute Gasteiger partial charge is 0.398 e. The van der Waals surface area contributed by atoms with Gasteiger partial charge in [0.15, 0.2) is 0 Å². The topological polar surface area (TPSA) is 64.3 Å². The molecule has 0 bridgehead atoms. The molecule has 1 saturated heterocycles. The molecule has 5 heteroatoms. The summed E-state index contributed by atoms with van der Waals surface area (Å²) in [6.45, 7) is 4.66. The summed E-state index contributed by atoms with van der Waals surface area (Å²) in [5.41, 5.74) is 6.59. The van der Waals surface area contributed by atoms with Crippen LogP contribution in [0.15, 0.2) is 22.7 Å². The number of carbonyl (C=O) groups excluding carboxylic acids is 1. The molecule has 0 radical (unpaired) electrons. The van der Waals surface area contributed by atoms with Crippen molar-refractivity contribution in [3.05, 3.63) is 28.2 Å². The molecule has 4 nitrogen and oxygen atoms in total. The highest BCUT2D eigenvalue weighted by Gasteiger charge is 2.38. The van der Waals surface area contributed by atoms with Gasteiger partial charge in [-0.2, -0.15) is 0 Å². The van der Waals surface area contributed by atoms with E-state index >= 15 is 0 Å². The quantitative estimate of drug-likeness (QED) is 0.824. The minimum absolute atomic E-state index is 0.0224. The molecule has 1 amide bonds. The summed E-state index contributed by atoms with van der Waals surface area (Å²) in [6, 6.07) is 5.20. The molecule has 2 rings (SSSR count). The van der Waals surface area contributed by atoms with Crippen molar-refractivity contribution < 1.29 is 9.53 Å². The van der Waals surface area contributed by atoms with E-state index in [2.05, 4.69) is 21.2 Å². The van der Waals surface area contributed by atoms with Crippen molar-refractivity contribution in [2.24, 2.45) is 0 Å². The third kappa shape index (κ3) is 2.52. The van der Waals surface area contributed by atoms with Gasteiger partial charge in [0.2, 0.25) is 0 Å². The Bertz CT molecular complexity index is 478.